The number of carbonyl (C=O) groups excluding carboxylic acids is 1. The van der Waals surface area contributed by atoms with E-state index in [4.69, 9.17) is 4.74 Å². The number of hydrogen-bond acceptors (Lipinski definition) is 4. The molecular weight excluding hydrogens is 486 g/mol. The second-order valence-corrected chi connectivity index (χ2v) is 11.7. The molecule has 0 aliphatic heterocycles. The van der Waals surface area contributed by atoms with Gasteiger partial charge in [0, 0.05) is 28.2 Å². The first kappa shape index (κ1) is 26.0. The summed E-state index contributed by atoms with van der Waals surface area (Å²) in [6, 6.07) is 24.1. The Hall–Kier alpha value is -4.04. The molecule has 37 heavy (non-hydrogen) atoms. The molecule has 0 spiro atoms. The van der Waals surface area contributed by atoms with Crippen LogP contribution in [0.5, 0.6) is 5.75 Å². The van der Waals surface area contributed by atoms with E-state index in [0.717, 1.165) is 39.5 Å². The van der Waals surface area contributed by atoms with Crippen LogP contribution in [0.25, 0.3) is 21.9 Å². The molecule has 4 rings (SSSR count). The molecule has 4 aromatic rings. The lowest BCUT2D eigenvalue weighted by atomic mass is 9.83. The van der Waals surface area contributed by atoms with Crippen LogP contribution in [0.1, 0.15) is 26.3 Å². The van der Waals surface area contributed by atoms with Crippen LogP contribution in [0.4, 0.5) is 21.9 Å². The minimum absolute atomic E-state index is 0.253. The van der Waals surface area contributed by atoms with Gasteiger partial charge in [-0.05, 0) is 64.2 Å². The predicted molar refractivity (Wildman–Crippen MR) is 152 cm³/mol. The normalized spacial score (nSPS) is 11.7. The first-order chi connectivity index (χ1) is 17.4. The number of carbonyl (C=O) groups is 1. The van der Waals surface area contributed by atoms with Gasteiger partial charge in [-0.15, -0.1) is 0 Å². The van der Waals surface area contributed by atoms with Gasteiger partial charge in [0.15, 0.2) is 0 Å². The molecule has 0 aromatic heterocycles. The Balaban J connectivity index is 1.76. The van der Waals surface area contributed by atoms with Gasteiger partial charge in [-0.2, -0.15) is 0 Å². The number of amides is 2. The van der Waals surface area contributed by atoms with Crippen LogP contribution < -0.4 is 20.1 Å². The Labute approximate surface area is 217 Å². The average Bonchev–Trinajstić information content (AvgIpc) is 2.82. The summed E-state index contributed by atoms with van der Waals surface area (Å²) in [7, 11) is -1.72. The molecule has 2 amide bonds. The molecule has 0 aliphatic rings. The highest BCUT2D eigenvalue weighted by atomic mass is 32.2. The Morgan fingerprint density at radius 1 is 0.784 bits per heavy atom. The molecule has 7 nitrogen and oxygen atoms in total. The second-order valence-electron chi connectivity index (χ2n) is 9.95. The van der Waals surface area contributed by atoms with Crippen molar-refractivity contribution in [2.75, 3.05) is 28.7 Å². The number of sulfonamides is 1. The van der Waals surface area contributed by atoms with E-state index in [9.17, 15) is 13.2 Å². The first-order valence-electron chi connectivity index (χ1n) is 11.8. The highest BCUT2D eigenvalue weighted by molar-refractivity contribution is 7.92. The standard InChI is InChI=1S/C29H31N3O4S/c1-29(2,3)26-18-24(31-28(33)30-22-9-7-6-8-10-22)17-25(27(26)36-4)21-12-11-20-16-23(32-37(5,34)35)14-13-19(20)15-21/h6-18,32H,1-5H3,(H2,30,31,33). The zero-order valence-electron chi connectivity index (χ0n) is 21.5. The summed E-state index contributed by atoms with van der Waals surface area (Å²) in [6.45, 7) is 6.29. The van der Waals surface area contributed by atoms with Gasteiger partial charge in [0.25, 0.3) is 0 Å². The molecule has 3 N–H and O–H groups in total. The molecule has 192 valence electrons. The van der Waals surface area contributed by atoms with Crippen LogP contribution in [0.3, 0.4) is 0 Å². The van der Waals surface area contributed by atoms with Gasteiger partial charge in [-0.3, -0.25) is 4.72 Å². The quantitative estimate of drug-likeness (QED) is 0.261. The molecular formula is C29H31N3O4S. The smallest absolute Gasteiger partial charge is 0.323 e. The Bertz CT molecular complexity index is 1560. The molecule has 0 bridgehead atoms. The van der Waals surface area contributed by atoms with Crippen molar-refractivity contribution in [1.82, 2.24) is 0 Å². The summed E-state index contributed by atoms with van der Waals surface area (Å²) in [4.78, 5) is 12.7. The van der Waals surface area contributed by atoms with Crippen molar-refractivity contribution in [3.63, 3.8) is 0 Å². The zero-order chi connectivity index (χ0) is 26.8. The van der Waals surface area contributed by atoms with Crippen molar-refractivity contribution >= 4 is 43.9 Å². The number of hydrogen-bond donors (Lipinski definition) is 3. The lowest BCUT2D eigenvalue weighted by Gasteiger charge is -2.25. The van der Waals surface area contributed by atoms with Crippen molar-refractivity contribution < 1.29 is 17.9 Å². The zero-order valence-corrected chi connectivity index (χ0v) is 22.4. The van der Waals surface area contributed by atoms with Crippen LogP contribution in [0.2, 0.25) is 0 Å². The van der Waals surface area contributed by atoms with Crippen LogP contribution >= 0.6 is 0 Å². The molecule has 8 heteroatoms. The van der Waals surface area contributed by atoms with E-state index in [1.165, 1.54) is 0 Å². The van der Waals surface area contributed by atoms with E-state index in [0.29, 0.717) is 17.1 Å². The van der Waals surface area contributed by atoms with E-state index < -0.39 is 10.0 Å². The minimum atomic E-state index is -3.37. The Kier molecular flexibility index (Phi) is 7.14. The van der Waals surface area contributed by atoms with E-state index in [1.54, 1.807) is 19.2 Å². The number of ether oxygens (including phenoxy) is 1. The number of nitrogens with one attached hydrogen (secondary N) is 3. The summed E-state index contributed by atoms with van der Waals surface area (Å²) >= 11 is 0. The Morgan fingerprint density at radius 3 is 2.08 bits per heavy atom. The third-order valence-electron chi connectivity index (χ3n) is 5.85. The molecule has 0 heterocycles. The number of anilines is 3. The van der Waals surface area contributed by atoms with Crippen LogP contribution in [-0.2, 0) is 15.4 Å². The molecule has 4 aromatic carbocycles. The van der Waals surface area contributed by atoms with Crippen LogP contribution in [0.15, 0.2) is 78.9 Å². The minimum Gasteiger partial charge on any atom is -0.496 e. The van der Waals surface area contributed by atoms with Crippen LogP contribution in [0, 0.1) is 0 Å². The lowest BCUT2D eigenvalue weighted by molar-refractivity contribution is 0.262. The SMILES string of the molecule is COc1c(-c2ccc3cc(NS(C)(=O)=O)ccc3c2)cc(NC(=O)Nc2ccccc2)cc1C(C)(C)C. The first-order valence-corrected chi connectivity index (χ1v) is 13.7. The van der Waals surface area contributed by atoms with Gasteiger partial charge in [-0.1, -0.05) is 57.2 Å². The van der Waals surface area contributed by atoms with E-state index in [-0.39, 0.29) is 11.4 Å². The fraction of sp³-hybridized carbons (Fsp3) is 0.207. The van der Waals surface area contributed by atoms with Gasteiger partial charge in [0.2, 0.25) is 10.0 Å². The fourth-order valence-corrected chi connectivity index (χ4v) is 4.75. The average molecular weight is 518 g/mol. The van der Waals surface area contributed by atoms with E-state index in [2.05, 4.69) is 36.1 Å². The number of methoxy groups -OCH3 is 1. The summed E-state index contributed by atoms with van der Waals surface area (Å²) in [5.74, 6) is 0.733. The number of rotatable bonds is 6. The highest BCUT2D eigenvalue weighted by Gasteiger charge is 2.24. The van der Waals surface area contributed by atoms with Gasteiger partial charge in [0.1, 0.15) is 5.75 Å². The largest absolute Gasteiger partial charge is 0.496 e. The maximum absolute atomic E-state index is 12.7. The van der Waals surface area contributed by atoms with Crippen molar-refractivity contribution in [3.8, 4) is 16.9 Å². The number of urea groups is 1. The maximum atomic E-state index is 12.7. The summed E-state index contributed by atoms with van der Waals surface area (Å²) < 4.78 is 31.6. The van der Waals surface area contributed by atoms with Crippen molar-refractivity contribution in [2.45, 2.75) is 26.2 Å². The lowest BCUT2D eigenvalue weighted by Crippen LogP contribution is -2.20. The molecule has 0 saturated carbocycles. The van der Waals surface area contributed by atoms with Gasteiger partial charge >= 0.3 is 6.03 Å². The molecule has 0 radical (unpaired) electrons. The van der Waals surface area contributed by atoms with E-state index in [1.807, 2.05) is 66.7 Å². The maximum Gasteiger partial charge on any atom is 0.323 e. The number of para-hydroxylation sites is 1. The third-order valence-corrected chi connectivity index (χ3v) is 6.45. The van der Waals surface area contributed by atoms with Crippen molar-refractivity contribution in [1.29, 1.82) is 0 Å². The van der Waals surface area contributed by atoms with Crippen molar-refractivity contribution in [2.24, 2.45) is 0 Å². The number of fused-ring (bicyclic) bond motifs is 1. The van der Waals surface area contributed by atoms with Gasteiger partial charge < -0.3 is 15.4 Å². The van der Waals surface area contributed by atoms with E-state index >= 15 is 0 Å². The Morgan fingerprint density at radius 2 is 1.43 bits per heavy atom. The molecule has 0 saturated heterocycles. The molecule has 0 fully saturated rings. The summed E-state index contributed by atoms with van der Waals surface area (Å²) in [6.07, 6.45) is 1.13. The summed E-state index contributed by atoms with van der Waals surface area (Å²) in [5.41, 5.74) is 4.29. The molecule has 0 unspecified atom stereocenters. The van der Waals surface area contributed by atoms with Gasteiger partial charge in [-0.25, -0.2) is 13.2 Å². The van der Waals surface area contributed by atoms with Crippen LogP contribution in [-0.4, -0.2) is 27.8 Å². The topological polar surface area (TPSA) is 96.5 Å². The fourth-order valence-electron chi connectivity index (χ4n) is 4.20. The summed E-state index contributed by atoms with van der Waals surface area (Å²) in [5, 5.41) is 7.65. The number of benzene rings is 4. The second kappa shape index (κ2) is 10.1. The van der Waals surface area contributed by atoms with Crippen molar-refractivity contribution in [3.05, 3.63) is 84.4 Å². The third kappa shape index (κ3) is 6.40. The molecule has 0 atom stereocenters. The molecule has 0 aliphatic carbocycles. The predicted octanol–water partition coefficient (Wildman–Crippen LogP) is 6.83. The highest BCUT2D eigenvalue weighted by Crippen LogP contribution is 2.42. The van der Waals surface area contributed by atoms with Gasteiger partial charge in [0.05, 0.1) is 13.4 Å². The monoisotopic (exact) mass is 517 g/mol.